The molecule has 2 aromatic rings. The Morgan fingerprint density at radius 2 is 1.47 bits per heavy atom. The molecule has 0 radical (unpaired) electrons. The average molecular weight is 412 g/mol. The number of carboxylic acids is 1. The summed E-state index contributed by atoms with van der Waals surface area (Å²) in [6, 6.07) is 19.1. The van der Waals surface area contributed by atoms with Crippen molar-refractivity contribution in [1.82, 2.24) is 5.32 Å². The van der Waals surface area contributed by atoms with Gasteiger partial charge < -0.3 is 15.2 Å². The van der Waals surface area contributed by atoms with Crippen LogP contribution in [0.1, 0.15) is 62.5 Å². The number of benzene rings is 2. The number of hydrogen-bond acceptors (Lipinski definition) is 3. The highest BCUT2D eigenvalue weighted by molar-refractivity contribution is 5.66. The Morgan fingerprint density at radius 3 is 2.27 bits per heavy atom. The van der Waals surface area contributed by atoms with Gasteiger partial charge in [0, 0.05) is 6.54 Å². The lowest BCUT2D eigenvalue weighted by molar-refractivity contribution is -0.136. The molecule has 0 amide bonds. The molecule has 0 aliphatic rings. The van der Waals surface area contributed by atoms with Crippen LogP contribution in [0.3, 0.4) is 0 Å². The van der Waals surface area contributed by atoms with Crippen molar-refractivity contribution in [2.24, 2.45) is 0 Å². The summed E-state index contributed by atoms with van der Waals surface area (Å²) in [6.45, 7) is 2.15. The van der Waals surface area contributed by atoms with Crippen molar-refractivity contribution in [3.8, 4) is 5.75 Å². The molecular formula is C26H37NO3. The van der Waals surface area contributed by atoms with Gasteiger partial charge in [0.25, 0.3) is 0 Å². The maximum Gasteiger partial charge on any atom is 0.304 e. The fourth-order valence-electron chi connectivity index (χ4n) is 3.50. The first-order valence-electron chi connectivity index (χ1n) is 11.4. The van der Waals surface area contributed by atoms with E-state index in [0.717, 1.165) is 38.2 Å². The predicted molar refractivity (Wildman–Crippen MR) is 123 cm³/mol. The minimum absolute atomic E-state index is 0.178. The van der Waals surface area contributed by atoms with Gasteiger partial charge in [-0.3, -0.25) is 4.79 Å². The number of carboxylic acid groups (broad SMARTS) is 1. The normalized spacial score (nSPS) is 10.8. The van der Waals surface area contributed by atoms with E-state index in [1.165, 1.54) is 49.7 Å². The third kappa shape index (κ3) is 11.6. The highest BCUT2D eigenvalue weighted by Crippen LogP contribution is 2.16. The standard InChI is InChI=1S/C26H37NO3/c28-26(29)18-20-27-19-11-16-24-15-10-17-25(22-24)30-21-9-4-2-1-3-6-12-23-13-7-5-8-14-23/h5,7-8,10,13-15,17,22,27H,1-4,6,9,11-12,16,18-21H2,(H,28,29). The van der Waals surface area contributed by atoms with Crippen LogP contribution >= 0.6 is 0 Å². The molecule has 4 nitrogen and oxygen atoms in total. The second kappa shape index (κ2) is 15.5. The largest absolute Gasteiger partial charge is 0.494 e. The Labute approximate surface area is 181 Å². The molecule has 0 heterocycles. The molecule has 30 heavy (non-hydrogen) atoms. The molecule has 0 aromatic heterocycles. The van der Waals surface area contributed by atoms with Gasteiger partial charge in [-0.25, -0.2) is 0 Å². The van der Waals surface area contributed by atoms with E-state index in [4.69, 9.17) is 9.84 Å². The van der Waals surface area contributed by atoms with Crippen molar-refractivity contribution in [1.29, 1.82) is 0 Å². The van der Waals surface area contributed by atoms with E-state index in [1.807, 2.05) is 6.07 Å². The maximum atomic E-state index is 10.5. The first-order chi connectivity index (χ1) is 14.7. The third-order valence-electron chi connectivity index (χ3n) is 5.20. The van der Waals surface area contributed by atoms with Crippen LogP contribution in [-0.4, -0.2) is 30.8 Å². The van der Waals surface area contributed by atoms with Crippen molar-refractivity contribution >= 4 is 5.97 Å². The van der Waals surface area contributed by atoms with Gasteiger partial charge >= 0.3 is 5.97 Å². The number of unbranched alkanes of at least 4 members (excludes halogenated alkanes) is 5. The average Bonchev–Trinajstić information content (AvgIpc) is 2.76. The van der Waals surface area contributed by atoms with Gasteiger partial charge in [-0.1, -0.05) is 68.1 Å². The highest BCUT2D eigenvalue weighted by Gasteiger charge is 2.00. The van der Waals surface area contributed by atoms with E-state index < -0.39 is 5.97 Å². The van der Waals surface area contributed by atoms with Gasteiger partial charge in [0.05, 0.1) is 13.0 Å². The molecule has 0 atom stereocenters. The van der Waals surface area contributed by atoms with Crippen LogP contribution in [0.25, 0.3) is 0 Å². The van der Waals surface area contributed by atoms with Crippen LogP contribution in [0.4, 0.5) is 0 Å². The van der Waals surface area contributed by atoms with Crippen molar-refractivity contribution in [3.63, 3.8) is 0 Å². The van der Waals surface area contributed by atoms with Crippen LogP contribution < -0.4 is 10.1 Å². The SMILES string of the molecule is O=C(O)CCNCCCc1cccc(OCCCCCCCCc2ccccc2)c1. The topological polar surface area (TPSA) is 58.6 Å². The number of carbonyl (C=O) groups is 1. The minimum atomic E-state index is -0.754. The Hall–Kier alpha value is -2.33. The second-order valence-corrected chi connectivity index (χ2v) is 7.85. The van der Waals surface area contributed by atoms with Crippen LogP contribution in [0.15, 0.2) is 54.6 Å². The van der Waals surface area contributed by atoms with Gasteiger partial charge in [0.1, 0.15) is 5.75 Å². The van der Waals surface area contributed by atoms with Gasteiger partial charge in [-0.15, -0.1) is 0 Å². The number of rotatable bonds is 17. The molecule has 0 saturated carbocycles. The summed E-state index contributed by atoms with van der Waals surface area (Å²) in [5, 5.41) is 11.8. The van der Waals surface area contributed by atoms with Crippen LogP contribution in [0, 0.1) is 0 Å². The Kier molecular flexibility index (Phi) is 12.4. The van der Waals surface area contributed by atoms with Gasteiger partial charge in [0.2, 0.25) is 0 Å². The quantitative estimate of drug-likeness (QED) is 0.331. The van der Waals surface area contributed by atoms with Crippen LogP contribution in [-0.2, 0) is 17.6 Å². The summed E-state index contributed by atoms with van der Waals surface area (Å²) in [6.07, 6.45) is 10.9. The molecule has 0 unspecified atom stereocenters. The molecule has 2 rings (SSSR count). The fourth-order valence-corrected chi connectivity index (χ4v) is 3.50. The Morgan fingerprint density at radius 1 is 0.767 bits per heavy atom. The summed E-state index contributed by atoms with van der Waals surface area (Å²) in [5.41, 5.74) is 2.72. The maximum absolute atomic E-state index is 10.5. The molecule has 0 bridgehead atoms. The number of aliphatic carboxylic acids is 1. The number of hydrogen-bond donors (Lipinski definition) is 2. The van der Waals surface area contributed by atoms with Crippen molar-refractivity contribution in [3.05, 3.63) is 65.7 Å². The third-order valence-corrected chi connectivity index (χ3v) is 5.20. The highest BCUT2D eigenvalue weighted by atomic mass is 16.5. The molecule has 0 aliphatic heterocycles. The van der Waals surface area contributed by atoms with E-state index in [1.54, 1.807) is 0 Å². The molecule has 2 N–H and O–H groups in total. The lowest BCUT2D eigenvalue weighted by Crippen LogP contribution is -2.19. The van der Waals surface area contributed by atoms with E-state index in [9.17, 15) is 4.79 Å². The zero-order valence-corrected chi connectivity index (χ0v) is 18.2. The molecule has 2 aromatic carbocycles. The van der Waals surface area contributed by atoms with Gasteiger partial charge in [-0.05, 0) is 61.9 Å². The Bertz CT molecular complexity index is 702. The lowest BCUT2D eigenvalue weighted by atomic mass is 10.1. The minimum Gasteiger partial charge on any atom is -0.494 e. The van der Waals surface area contributed by atoms with Crippen molar-refractivity contribution < 1.29 is 14.6 Å². The number of aryl methyl sites for hydroxylation is 2. The molecule has 0 aliphatic carbocycles. The molecule has 164 valence electrons. The van der Waals surface area contributed by atoms with E-state index in [-0.39, 0.29) is 6.42 Å². The molecular weight excluding hydrogens is 374 g/mol. The number of nitrogens with one attached hydrogen (secondary N) is 1. The van der Waals surface area contributed by atoms with Crippen LogP contribution in [0.2, 0.25) is 0 Å². The summed E-state index contributed by atoms with van der Waals surface area (Å²) in [5.74, 6) is 0.199. The summed E-state index contributed by atoms with van der Waals surface area (Å²) < 4.78 is 5.92. The summed E-state index contributed by atoms with van der Waals surface area (Å²) in [4.78, 5) is 10.5. The number of ether oxygens (including phenoxy) is 1. The summed E-state index contributed by atoms with van der Waals surface area (Å²) in [7, 11) is 0. The zero-order valence-electron chi connectivity index (χ0n) is 18.2. The molecule has 4 heteroatoms. The molecule has 0 spiro atoms. The molecule has 0 fully saturated rings. The monoisotopic (exact) mass is 411 g/mol. The first kappa shape index (κ1) is 23.9. The fraction of sp³-hybridized carbons (Fsp3) is 0.500. The van der Waals surface area contributed by atoms with Crippen molar-refractivity contribution in [2.45, 2.75) is 64.2 Å². The van der Waals surface area contributed by atoms with Crippen molar-refractivity contribution in [2.75, 3.05) is 19.7 Å². The predicted octanol–water partition coefficient (Wildman–Crippen LogP) is 5.65. The second-order valence-electron chi connectivity index (χ2n) is 7.85. The zero-order chi connectivity index (χ0) is 21.3. The first-order valence-corrected chi connectivity index (χ1v) is 11.4. The summed E-state index contributed by atoms with van der Waals surface area (Å²) >= 11 is 0. The lowest BCUT2D eigenvalue weighted by Gasteiger charge is -2.09. The van der Waals surface area contributed by atoms with Gasteiger partial charge in [0.15, 0.2) is 0 Å². The smallest absolute Gasteiger partial charge is 0.304 e. The van der Waals surface area contributed by atoms with Crippen LogP contribution in [0.5, 0.6) is 5.75 Å². The van der Waals surface area contributed by atoms with E-state index >= 15 is 0 Å². The Balaban J connectivity index is 1.46. The molecule has 0 saturated heterocycles. The van der Waals surface area contributed by atoms with Gasteiger partial charge in [-0.2, -0.15) is 0 Å². The van der Waals surface area contributed by atoms with E-state index in [2.05, 4.69) is 53.8 Å². The van der Waals surface area contributed by atoms with E-state index in [0.29, 0.717) is 6.54 Å².